The van der Waals surface area contributed by atoms with Crippen molar-refractivity contribution < 1.29 is 0 Å². The summed E-state index contributed by atoms with van der Waals surface area (Å²) in [6.45, 7) is 4.15. The van der Waals surface area contributed by atoms with Gasteiger partial charge in [-0.2, -0.15) is 5.10 Å². The number of nitrogens with zero attached hydrogens (tertiary/aromatic N) is 2. The van der Waals surface area contributed by atoms with Gasteiger partial charge in [0.2, 0.25) is 0 Å². The van der Waals surface area contributed by atoms with E-state index in [-0.39, 0.29) is 0 Å². The molecule has 1 heterocycles. The summed E-state index contributed by atoms with van der Waals surface area (Å²) >= 11 is 0. The molecule has 0 aliphatic rings. The third-order valence-electron chi connectivity index (χ3n) is 1.46. The Hall–Kier alpha value is -0.790. The maximum atomic E-state index is 4.20. The van der Waals surface area contributed by atoms with Gasteiger partial charge in [-0.15, -0.1) is 0 Å². The van der Waals surface area contributed by atoms with Crippen molar-refractivity contribution in [3.63, 3.8) is 0 Å². The van der Waals surface area contributed by atoms with Crippen molar-refractivity contribution in [1.82, 2.24) is 9.78 Å². The molecule has 0 spiro atoms. The zero-order chi connectivity index (χ0) is 6.85. The topological polar surface area (TPSA) is 17.8 Å². The van der Waals surface area contributed by atoms with Gasteiger partial charge in [0, 0.05) is 12.7 Å². The van der Waals surface area contributed by atoms with E-state index >= 15 is 0 Å². The zero-order valence-electron chi connectivity index (χ0n) is 6.18. The Morgan fingerprint density at radius 1 is 1.67 bits per heavy atom. The molecular weight excluding hydrogens is 112 g/mol. The SMILES string of the molecule is CCc1cc(C)nn1C. The summed E-state index contributed by atoms with van der Waals surface area (Å²) in [6.07, 6.45) is 1.07. The minimum atomic E-state index is 1.07. The number of hydrogen-bond acceptors (Lipinski definition) is 1. The van der Waals surface area contributed by atoms with Gasteiger partial charge in [-0.05, 0) is 19.4 Å². The molecule has 2 heteroatoms. The maximum Gasteiger partial charge on any atom is 0.0596 e. The summed E-state index contributed by atoms with van der Waals surface area (Å²) in [6, 6.07) is 2.11. The van der Waals surface area contributed by atoms with Crippen molar-refractivity contribution in [2.24, 2.45) is 7.05 Å². The normalized spacial score (nSPS) is 10.1. The smallest absolute Gasteiger partial charge is 0.0596 e. The lowest BCUT2D eigenvalue weighted by molar-refractivity contribution is 0.711. The highest BCUT2D eigenvalue weighted by Crippen LogP contribution is 2.00. The van der Waals surface area contributed by atoms with Gasteiger partial charge >= 0.3 is 0 Å². The molecule has 9 heavy (non-hydrogen) atoms. The van der Waals surface area contributed by atoms with Crippen LogP contribution in [0.3, 0.4) is 0 Å². The molecule has 0 atom stereocenters. The molecule has 0 aliphatic carbocycles. The maximum absolute atomic E-state index is 4.20. The van der Waals surface area contributed by atoms with Gasteiger partial charge in [-0.1, -0.05) is 6.92 Å². The summed E-state index contributed by atoms with van der Waals surface area (Å²) < 4.78 is 1.93. The average molecular weight is 124 g/mol. The molecule has 50 valence electrons. The molecular formula is C7H12N2. The first kappa shape index (κ1) is 6.33. The molecule has 0 amide bonds. The molecule has 1 aromatic rings. The molecule has 0 aliphatic heterocycles. The zero-order valence-corrected chi connectivity index (χ0v) is 6.18. The highest BCUT2D eigenvalue weighted by Gasteiger charge is 1.96. The molecule has 0 unspecified atom stereocenters. The number of aromatic nitrogens is 2. The fourth-order valence-corrected chi connectivity index (χ4v) is 0.995. The quantitative estimate of drug-likeness (QED) is 0.551. The number of rotatable bonds is 1. The van der Waals surface area contributed by atoms with E-state index in [4.69, 9.17) is 0 Å². The van der Waals surface area contributed by atoms with E-state index in [1.165, 1.54) is 5.69 Å². The third-order valence-corrected chi connectivity index (χ3v) is 1.46. The summed E-state index contributed by atoms with van der Waals surface area (Å²) in [5.41, 5.74) is 2.40. The van der Waals surface area contributed by atoms with E-state index in [0.717, 1.165) is 12.1 Å². The third kappa shape index (κ3) is 1.12. The monoisotopic (exact) mass is 124 g/mol. The Morgan fingerprint density at radius 3 is 2.56 bits per heavy atom. The van der Waals surface area contributed by atoms with Gasteiger partial charge in [0.1, 0.15) is 0 Å². The Kier molecular flexibility index (Phi) is 1.56. The minimum Gasteiger partial charge on any atom is -0.272 e. The summed E-state index contributed by atoms with van der Waals surface area (Å²) in [7, 11) is 1.98. The van der Waals surface area contributed by atoms with Gasteiger partial charge in [0.15, 0.2) is 0 Å². The molecule has 0 aromatic carbocycles. The van der Waals surface area contributed by atoms with Crippen molar-refractivity contribution >= 4 is 0 Å². The fraction of sp³-hybridized carbons (Fsp3) is 0.571. The van der Waals surface area contributed by atoms with Crippen LogP contribution in [0.25, 0.3) is 0 Å². The van der Waals surface area contributed by atoms with Crippen LogP contribution in [-0.4, -0.2) is 9.78 Å². The molecule has 0 bridgehead atoms. The highest BCUT2D eigenvalue weighted by atomic mass is 15.3. The van der Waals surface area contributed by atoms with E-state index in [1.807, 2.05) is 18.7 Å². The summed E-state index contributed by atoms with van der Waals surface area (Å²) in [4.78, 5) is 0. The Bertz CT molecular complexity index is 201. The Balaban J connectivity index is 3.01. The second-order valence-electron chi connectivity index (χ2n) is 2.25. The van der Waals surface area contributed by atoms with E-state index in [2.05, 4.69) is 18.1 Å². The van der Waals surface area contributed by atoms with Crippen molar-refractivity contribution in [3.8, 4) is 0 Å². The summed E-state index contributed by atoms with van der Waals surface area (Å²) in [5, 5.41) is 4.20. The van der Waals surface area contributed by atoms with Crippen LogP contribution in [-0.2, 0) is 13.5 Å². The number of hydrogen-bond donors (Lipinski definition) is 0. The van der Waals surface area contributed by atoms with E-state index in [0.29, 0.717) is 0 Å². The molecule has 0 saturated carbocycles. The minimum absolute atomic E-state index is 1.07. The summed E-state index contributed by atoms with van der Waals surface area (Å²) in [5.74, 6) is 0. The first-order chi connectivity index (χ1) is 4.24. The lowest BCUT2D eigenvalue weighted by Crippen LogP contribution is -1.95. The van der Waals surface area contributed by atoms with Gasteiger partial charge in [0.25, 0.3) is 0 Å². The standard InChI is InChI=1S/C7H12N2/c1-4-7-5-6(2)8-9(7)3/h5H,4H2,1-3H3. The molecule has 0 N–H and O–H groups in total. The lowest BCUT2D eigenvalue weighted by atomic mass is 10.3. The van der Waals surface area contributed by atoms with Crippen LogP contribution in [0.1, 0.15) is 18.3 Å². The van der Waals surface area contributed by atoms with Crippen LogP contribution in [0.15, 0.2) is 6.07 Å². The lowest BCUT2D eigenvalue weighted by Gasteiger charge is -1.92. The largest absolute Gasteiger partial charge is 0.272 e. The van der Waals surface area contributed by atoms with Crippen LogP contribution in [0.2, 0.25) is 0 Å². The van der Waals surface area contributed by atoms with Crippen LogP contribution in [0.4, 0.5) is 0 Å². The Labute approximate surface area is 55.5 Å². The van der Waals surface area contributed by atoms with Crippen molar-refractivity contribution in [1.29, 1.82) is 0 Å². The Morgan fingerprint density at radius 2 is 2.33 bits per heavy atom. The van der Waals surface area contributed by atoms with Gasteiger partial charge in [-0.3, -0.25) is 4.68 Å². The fourth-order valence-electron chi connectivity index (χ4n) is 0.995. The van der Waals surface area contributed by atoms with Crippen molar-refractivity contribution in [2.45, 2.75) is 20.3 Å². The molecule has 1 rings (SSSR count). The van der Waals surface area contributed by atoms with Gasteiger partial charge in [-0.25, -0.2) is 0 Å². The molecule has 0 fully saturated rings. The van der Waals surface area contributed by atoms with Crippen LogP contribution < -0.4 is 0 Å². The second kappa shape index (κ2) is 2.21. The van der Waals surface area contributed by atoms with E-state index < -0.39 is 0 Å². The van der Waals surface area contributed by atoms with Crippen molar-refractivity contribution in [3.05, 3.63) is 17.5 Å². The second-order valence-corrected chi connectivity index (χ2v) is 2.25. The van der Waals surface area contributed by atoms with Crippen molar-refractivity contribution in [2.75, 3.05) is 0 Å². The molecule has 0 saturated heterocycles. The average Bonchev–Trinajstić information content (AvgIpc) is 2.10. The number of aryl methyl sites for hydroxylation is 3. The van der Waals surface area contributed by atoms with E-state index in [1.54, 1.807) is 0 Å². The van der Waals surface area contributed by atoms with Crippen LogP contribution in [0.5, 0.6) is 0 Å². The highest BCUT2D eigenvalue weighted by molar-refractivity contribution is 5.07. The molecule has 0 radical (unpaired) electrons. The van der Waals surface area contributed by atoms with E-state index in [9.17, 15) is 0 Å². The first-order valence-corrected chi connectivity index (χ1v) is 3.23. The molecule has 1 aromatic heterocycles. The predicted molar refractivity (Wildman–Crippen MR) is 37.3 cm³/mol. The molecule has 2 nitrogen and oxygen atoms in total. The van der Waals surface area contributed by atoms with Crippen LogP contribution >= 0.6 is 0 Å². The first-order valence-electron chi connectivity index (χ1n) is 3.23. The van der Waals surface area contributed by atoms with Crippen LogP contribution in [0, 0.1) is 6.92 Å². The predicted octanol–water partition coefficient (Wildman–Crippen LogP) is 1.29. The van der Waals surface area contributed by atoms with Gasteiger partial charge in [0.05, 0.1) is 5.69 Å². The van der Waals surface area contributed by atoms with Gasteiger partial charge < -0.3 is 0 Å².